The Bertz CT molecular complexity index is 2300. The van der Waals surface area contributed by atoms with Gasteiger partial charge >= 0.3 is 0 Å². The van der Waals surface area contributed by atoms with E-state index in [2.05, 4.69) is 141 Å². The minimum atomic E-state index is -0.00629. The lowest BCUT2D eigenvalue weighted by Gasteiger charge is -2.20. The number of fused-ring (bicyclic) bond motifs is 6. The van der Waals surface area contributed by atoms with Crippen LogP contribution in [-0.2, 0) is 10.8 Å². The molecule has 0 N–H and O–H groups in total. The molecule has 5 aromatic heterocycles. The number of para-hydroxylation sites is 1. The van der Waals surface area contributed by atoms with Gasteiger partial charge in [0, 0.05) is 52.3 Å². The number of hydrogen-bond acceptors (Lipinski definition) is 4. The van der Waals surface area contributed by atoms with Gasteiger partial charge < -0.3 is 4.74 Å². The maximum atomic E-state index is 6.64. The van der Waals surface area contributed by atoms with Gasteiger partial charge in [0.05, 0.1) is 28.3 Å². The van der Waals surface area contributed by atoms with E-state index in [0.29, 0.717) is 0 Å². The minimum Gasteiger partial charge on any atom is -0.457 e. The first-order chi connectivity index (χ1) is 22.6. The molecule has 0 aliphatic carbocycles. The van der Waals surface area contributed by atoms with Crippen molar-refractivity contribution in [1.82, 2.24) is 24.1 Å². The fourth-order valence-corrected chi connectivity index (χ4v) is 6.57. The van der Waals surface area contributed by atoms with Gasteiger partial charge in [-0.1, -0.05) is 59.7 Å². The number of rotatable bonds is 4. The molecule has 0 bridgehead atoms. The van der Waals surface area contributed by atoms with Crippen molar-refractivity contribution < 1.29 is 4.74 Å². The number of pyridine rings is 3. The molecule has 47 heavy (non-hydrogen) atoms. The van der Waals surface area contributed by atoms with Crippen LogP contribution in [0.3, 0.4) is 0 Å². The Morgan fingerprint density at radius 2 is 1.00 bits per heavy atom. The van der Waals surface area contributed by atoms with E-state index in [1.165, 1.54) is 16.5 Å². The smallest absolute Gasteiger partial charge is 0.137 e. The van der Waals surface area contributed by atoms with Crippen LogP contribution in [0.15, 0.2) is 116 Å². The Balaban J connectivity index is 1.27. The van der Waals surface area contributed by atoms with Gasteiger partial charge in [0.25, 0.3) is 0 Å². The summed E-state index contributed by atoms with van der Waals surface area (Å²) in [6.45, 7) is 13.4. The van der Waals surface area contributed by atoms with Crippen LogP contribution in [0.25, 0.3) is 55.2 Å². The van der Waals surface area contributed by atoms with E-state index < -0.39 is 0 Å². The summed E-state index contributed by atoms with van der Waals surface area (Å²) in [7, 11) is 0. The summed E-state index contributed by atoms with van der Waals surface area (Å²) in [4.78, 5) is 14.1. The third-order valence-corrected chi connectivity index (χ3v) is 9.10. The maximum Gasteiger partial charge on any atom is 0.137 e. The van der Waals surface area contributed by atoms with E-state index >= 15 is 0 Å². The van der Waals surface area contributed by atoms with Gasteiger partial charge in [-0.15, -0.1) is 0 Å². The zero-order chi connectivity index (χ0) is 32.5. The molecule has 0 unspecified atom stereocenters. The number of benzene rings is 3. The van der Waals surface area contributed by atoms with Gasteiger partial charge in [0.15, 0.2) is 0 Å². The van der Waals surface area contributed by atoms with Gasteiger partial charge in [-0.2, -0.15) is 0 Å². The molecular weight excluding hydrogens is 578 g/mol. The normalized spacial score (nSPS) is 12.5. The Kier molecular flexibility index (Phi) is 6.48. The molecular formula is C41H37N5O. The van der Waals surface area contributed by atoms with Crippen LogP contribution in [0.1, 0.15) is 52.7 Å². The molecule has 0 aliphatic rings. The molecule has 0 aliphatic heterocycles. The zero-order valence-electron chi connectivity index (χ0n) is 27.6. The average Bonchev–Trinajstić information content (AvgIpc) is 3.56. The molecule has 5 heterocycles. The number of aromatic nitrogens is 5. The highest BCUT2D eigenvalue weighted by Crippen LogP contribution is 2.38. The highest BCUT2D eigenvalue weighted by Gasteiger charge is 2.20. The quantitative estimate of drug-likeness (QED) is 0.198. The van der Waals surface area contributed by atoms with E-state index in [-0.39, 0.29) is 10.8 Å². The van der Waals surface area contributed by atoms with Crippen molar-refractivity contribution >= 4 is 43.6 Å². The molecule has 0 saturated carbocycles. The summed E-state index contributed by atoms with van der Waals surface area (Å²) >= 11 is 0. The summed E-state index contributed by atoms with van der Waals surface area (Å²) in [5.74, 6) is 3.25. The molecule has 6 nitrogen and oxygen atoms in total. The largest absolute Gasteiger partial charge is 0.457 e. The molecule has 3 aromatic carbocycles. The van der Waals surface area contributed by atoms with E-state index in [1.54, 1.807) is 0 Å². The van der Waals surface area contributed by atoms with Crippen molar-refractivity contribution in [3.63, 3.8) is 0 Å². The number of ether oxygens (including phenoxy) is 1. The van der Waals surface area contributed by atoms with Gasteiger partial charge in [0.2, 0.25) is 0 Å². The van der Waals surface area contributed by atoms with Crippen LogP contribution in [-0.4, -0.2) is 24.1 Å². The van der Waals surface area contributed by atoms with Crippen LogP contribution in [0.4, 0.5) is 0 Å². The van der Waals surface area contributed by atoms with Gasteiger partial charge in [-0.05, 0) is 82.6 Å². The minimum absolute atomic E-state index is 0.00543. The third-order valence-electron chi connectivity index (χ3n) is 9.10. The van der Waals surface area contributed by atoms with Gasteiger partial charge in [-0.3, -0.25) is 14.1 Å². The lowest BCUT2D eigenvalue weighted by Crippen LogP contribution is -2.12. The van der Waals surface area contributed by atoms with Crippen LogP contribution >= 0.6 is 0 Å². The van der Waals surface area contributed by atoms with E-state index in [4.69, 9.17) is 14.7 Å². The summed E-state index contributed by atoms with van der Waals surface area (Å²) in [5, 5.41) is 4.59. The highest BCUT2D eigenvalue weighted by atomic mass is 16.5. The Morgan fingerprint density at radius 1 is 0.489 bits per heavy atom. The predicted molar refractivity (Wildman–Crippen MR) is 192 cm³/mol. The number of nitrogens with zero attached hydrogens (tertiary/aromatic N) is 5. The lowest BCUT2D eigenvalue weighted by molar-refractivity contribution is 0.484. The summed E-state index contributed by atoms with van der Waals surface area (Å²) in [6, 6.07) is 31.7. The zero-order valence-corrected chi connectivity index (χ0v) is 27.6. The van der Waals surface area contributed by atoms with Crippen LogP contribution in [0.5, 0.6) is 11.5 Å². The van der Waals surface area contributed by atoms with Crippen molar-refractivity contribution in [1.29, 1.82) is 0 Å². The van der Waals surface area contributed by atoms with Crippen molar-refractivity contribution in [3.8, 4) is 23.1 Å². The average molecular weight is 616 g/mol. The highest BCUT2D eigenvalue weighted by molar-refractivity contribution is 6.10. The summed E-state index contributed by atoms with van der Waals surface area (Å²) < 4.78 is 11.1. The Morgan fingerprint density at radius 3 is 1.57 bits per heavy atom. The SMILES string of the molecule is CC(C)(C)c1ccnc(-n2c3ccccc3c3ccc(Oc4ccc5c6ccncc6n(-c6cc(C(C)(C)C)ccn6)c5c4)cc32)c1. The Hall–Kier alpha value is -5.49. The van der Waals surface area contributed by atoms with Gasteiger partial charge in [-0.25, -0.2) is 9.97 Å². The molecule has 8 aromatic rings. The Labute approximate surface area is 274 Å². The monoisotopic (exact) mass is 615 g/mol. The molecule has 0 saturated heterocycles. The van der Waals surface area contributed by atoms with Crippen molar-refractivity contribution in [2.24, 2.45) is 0 Å². The summed E-state index contributed by atoms with van der Waals surface area (Å²) in [5.41, 5.74) is 6.65. The predicted octanol–water partition coefficient (Wildman–Crippen LogP) is 10.5. The standard InChI is InChI=1S/C41H37N5O/c1-40(2,3)26-15-19-43-38(21-26)45-34-10-8-7-9-30(34)31-13-11-28(23-35(31)45)47-29-12-14-32-33-17-18-42-25-37(33)46(36(32)24-29)39-22-27(16-20-44-39)41(4,5)6/h7-25H,1-6H3. The fourth-order valence-electron chi connectivity index (χ4n) is 6.57. The van der Waals surface area contributed by atoms with Crippen molar-refractivity contribution in [2.75, 3.05) is 0 Å². The second-order valence-electron chi connectivity index (χ2n) is 14.3. The molecule has 6 heteroatoms. The molecule has 0 spiro atoms. The first-order valence-electron chi connectivity index (χ1n) is 16.1. The third kappa shape index (κ3) is 4.92. The number of hydrogen-bond donors (Lipinski definition) is 0. The van der Waals surface area contributed by atoms with Crippen LogP contribution in [0.2, 0.25) is 0 Å². The topological polar surface area (TPSA) is 57.8 Å². The maximum absolute atomic E-state index is 6.64. The molecule has 0 amide bonds. The van der Waals surface area contributed by atoms with Gasteiger partial charge in [0.1, 0.15) is 23.1 Å². The van der Waals surface area contributed by atoms with Crippen LogP contribution < -0.4 is 4.74 Å². The van der Waals surface area contributed by atoms with Crippen LogP contribution in [0, 0.1) is 0 Å². The van der Waals surface area contributed by atoms with E-state index in [9.17, 15) is 0 Å². The molecule has 0 fully saturated rings. The molecule has 232 valence electrons. The summed E-state index contributed by atoms with van der Waals surface area (Å²) in [6.07, 6.45) is 7.56. The molecule has 0 radical (unpaired) electrons. The second kappa shape index (κ2) is 10.5. The fraction of sp³-hybridized carbons (Fsp3) is 0.195. The molecule has 8 rings (SSSR count). The lowest BCUT2D eigenvalue weighted by atomic mass is 9.88. The first kappa shape index (κ1) is 28.9. The van der Waals surface area contributed by atoms with E-state index in [1.807, 2.05) is 30.9 Å². The first-order valence-corrected chi connectivity index (χ1v) is 16.1. The second-order valence-corrected chi connectivity index (χ2v) is 14.3. The van der Waals surface area contributed by atoms with Crippen molar-refractivity contribution in [2.45, 2.75) is 52.4 Å². The van der Waals surface area contributed by atoms with E-state index in [0.717, 1.165) is 61.4 Å². The molecule has 0 atom stereocenters. The van der Waals surface area contributed by atoms with Crippen molar-refractivity contribution in [3.05, 3.63) is 127 Å².